The van der Waals surface area contributed by atoms with Crippen molar-refractivity contribution in [1.82, 2.24) is 9.55 Å². The Bertz CT molecular complexity index is 996. The van der Waals surface area contributed by atoms with Gasteiger partial charge in [-0.2, -0.15) is 0 Å². The van der Waals surface area contributed by atoms with Crippen LogP contribution in [0.15, 0.2) is 58.5 Å². The van der Waals surface area contributed by atoms with Gasteiger partial charge in [-0.3, -0.25) is 14.2 Å². The number of hydrogen-bond acceptors (Lipinski definition) is 5. The standard InChI is InChI=1S/C21H22N2O3S/c1-3-13-23-20(25)17-7-5-6-8-18(17)22-21(23)27-14-19(24)15-9-11-16(12-10-15)26-4-2/h5-12H,3-4,13-14H2,1-2H3. The van der Waals surface area contributed by atoms with Crippen LogP contribution in [0.5, 0.6) is 5.75 Å². The Morgan fingerprint density at radius 3 is 2.56 bits per heavy atom. The third-order valence-electron chi connectivity index (χ3n) is 4.09. The van der Waals surface area contributed by atoms with Crippen molar-refractivity contribution in [1.29, 1.82) is 0 Å². The lowest BCUT2D eigenvalue weighted by Crippen LogP contribution is -2.23. The minimum atomic E-state index is -0.0570. The second kappa shape index (κ2) is 8.86. The van der Waals surface area contributed by atoms with E-state index in [1.165, 1.54) is 11.8 Å². The Hall–Kier alpha value is -2.60. The zero-order valence-electron chi connectivity index (χ0n) is 15.5. The topological polar surface area (TPSA) is 61.2 Å². The summed E-state index contributed by atoms with van der Waals surface area (Å²) >= 11 is 1.30. The molecule has 0 spiro atoms. The number of thioether (sulfide) groups is 1. The van der Waals surface area contributed by atoms with Gasteiger partial charge < -0.3 is 4.74 Å². The molecule has 0 N–H and O–H groups in total. The molecule has 0 atom stereocenters. The van der Waals surface area contributed by atoms with Crippen LogP contribution in [0.3, 0.4) is 0 Å². The molecule has 1 heterocycles. The van der Waals surface area contributed by atoms with E-state index in [9.17, 15) is 9.59 Å². The molecule has 0 radical (unpaired) electrons. The number of hydrogen-bond donors (Lipinski definition) is 0. The highest BCUT2D eigenvalue weighted by Crippen LogP contribution is 2.20. The van der Waals surface area contributed by atoms with Crippen LogP contribution < -0.4 is 10.3 Å². The minimum Gasteiger partial charge on any atom is -0.494 e. The number of carbonyl (C=O) groups excluding carboxylic acids is 1. The first-order valence-corrected chi connectivity index (χ1v) is 10.0. The van der Waals surface area contributed by atoms with Gasteiger partial charge in [0.25, 0.3) is 5.56 Å². The average molecular weight is 382 g/mol. The van der Waals surface area contributed by atoms with Crippen molar-refractivity contribution in [2.75, 3.05) is 12.4 Å². The Balaban J connectivity index is 1.82. The van der Waals surface area contributed by atoms with E-state index in [-0.39, 0.29) is 17.1 Å². The molecule has 5 nitrogen and oxygen atoms in total. The summed E-state index contributed by atoms with van der Waals surface area (Å²) < 4.78 is 7.07. The molecule has 1 aromatic heterocycles. The average Bonchev–Trinajstić information content (AvgIpc) is 2.69. The van der Waals surface area contributed by atoms with E-state index in [2.05, 4.69) is 4.98 Å². The first kappa shape index (κ1) is 19.2. The predicted octanol–water partition coefficient (Wildman–Crippen LogP) is 4.18. The summed E-state index contributed by atoms with van der Waals surface area (Å²) in [6.07, 6.45) is 0.820. The van der Waals surface area contributed by atoms with Gasteiger partial charge in [-0.25, -0.2) is 4.98 Å². The molecule has 0 amide bonds. The number of fused-ring (bicyclic) bond motifs is 1. The molecule has 27 heavy (non-hydrogen) atoms. The molecule has 0 unspecified atom stereocenters. The number of benzene rings is 2. The van der Waals surface area contributed by atoms with E-state index in [1.54, 1.807) is 34.9 Å². The monoisotopic (exact) mass is 382 g/mol. The van der Waals surface area contributed by atoms with Crippen LogP contribution in [0.25, 0.3) is 10.9 Å². The number of ether oxygens (including phenoxy) is 1. The third kappa shape index (κ3) is 4.39. The van der Waals surface area contributed by atoms with Crippen molar-refractivity contribution >= 4 is 28.4 Å². The highest BCUT2D eigenvalue weighted by Gasteiger charge is 2.13. The van der Waals surface area contributed by atoms with Crippen molar-refractivity contribution < 1.29 is 9.53 Å². The fraction of sp³-hybridized carbons (Fsp3) is 0.286. The zero-order valence-corrected chi connectivity index (χ0v) is 16.3. The first-order valence-electron chi connectivity index (χ1n) is 9.02. The lowest BCUT2D eigenvalue weighted by atomic mass is 10.1. The van der Waals surface area contributed by atoms with E-state index in [0.29, 0.717) is 34.8 Å². The van der Waals surface area contributed by atoms with Gasteiger partial charge in [-0.05, 0) is 49.7 Å². The van der Waals surface area contributed by atoms with Gasteiger partial charge >= 0.3 is 0 Å². The number of aromatic nitrogens is 2. The molecule has 0 aliphatic rings. The largest absolute Gasteiger partial charge is 0.494 e. The second-order valence-electron chi connectivity index (χ2n) is 6.04. The van der Waals surface area contributed by atoms with Crippen molar-refractivity contribution in [3.63, 3.8) is 0 Å². The summed E-state index contributed by atoms with van der Waals surface area (Å²) in [4.78, 5) is 29.9. The number of Topliss-reactive ketones (excluding diaryl/α,β-unsaturated/α-hetero) is 1. The van der Waals surface area contributed by atoms with Crippen molar-refractivity contribution in [3.8, 4) is 5.75 Å². The van der Waals surface area contributed by atoms with Gasteiger partial charge in [0.1, 0.15) is 5.75 Å². The van der Waals surface area contributed by atoms with Crippen molar-refractivity contribution in [2.45, 2.75) is 32.0 Å². The number of rotatable bonds is 8. The normalized spacial score (nSPS) is 10.9. The predicted molar refractivity (Wildman–Crippen MR) is 109 cm³/mol. The highest BCUT2D eigenvalue weighted by atomic mass is 32.2. The lowest BCUT2D eigenvalue weighted by Gasteiger charge is -2.12. The van der Waals surface area contributed by atoms with Crippen LogP contribution in [0.1, 0.15) is 30.6 Å². The van der Waals surface area contributed by atoms with Crippen LogP contribution in [0.4, 0.5) is 0 Å². The van der Waals surface area contributed by atoms with Crippen LogP contribution in [-0.4, -0.2) is 27.7 Å². The van der Waals surface area contributed by atoms with Gasteiger partial charge in [-0.15, -0.1) is 0 Å². The van der Waals surface area contributed by atoms with E-state index >= 15 is 0 Å². The molecule has 0 aliphatic heterocycles. The van der Waals surface area contributed by atoms with E-state index < -0.39 is 0 Å². The van der Waals surface area contributed by atoms with Crippen molar-refractivity contribution in [2.24, 2.45) is 0 Å². The summed E-state index contributed by atoms with van der Waals surface area (Å²) in [7, 11) is 0. The molecule has 3 aromatic rings. The van der Waals surface area contributed by atoms with Gasteiger partial charge in [0.2, 0.25) is 0 Å². The Morgan fingerprint density at radius 2 is 1.85 bits per heavy atom. The quantitative estimate of drug-likeness (QED) is 0.332. The molecule has 0 bridgehead atoms. The molecule has 0 saturated carbocycles. The zero-order chi connectivity index (χ0) is 19.2. The van der Waals surface area contributed by atoms with Gasteiger partial charge in [0.15, 0.2) is 10.9 Å². The second-order valence-corrected chi connectivity index (χ2v) is 6.98. The maximum absolute atomic E-state index is 12.8. The number of carbonyl (C=O) groups is 1. The fourth-order valence-corrected chi connectivity index (χ4v) is 3.72. The van der Waals surface area contributed by atoms with Gasteiger partial charge in [0.05, 0.1) is 23.3 Å². The van der Waals surface area contributed by atoms with Gasteiger partial charge in [-0.1, -0.05) is 30.8 Å². The molecule has 6 heteroatoms. The third-order valence-corrected chi connectivity index (χ3v) is 5.07. The van der Waals surface area contributed by atoms with E-state index in [1.807, 2.05) is 32.0 Å². The number of para-hydroxylation sites is 1. The summed E-state index contributed by atoms with van der Waals surface area (Å²) in [5.74, 6) is 0.964. The van der Waals surface area contributed by atoms with Crippen LogP contribution >= 0.6 is 11.8 Å². The molecule has 3 rings (SSSR count). The van der Waals surface area contributed by atoms with E-state index in [0.717, 1.165) is 12.2 Å². The van der Waals surface area contributed by atoms with E-state index in [4.69, 9.17) is 4.74 Å². The highest BCUT2D eigenvalue weighted by molar-refractivity contribution is 7.99. The first-order chi connectivity index (χ1) is 13.1. The molecular formula is C21H22N2O3S. The molecule has 140 valence electrons. The summed E-state index contributed by atoms with van der Waals surface area (Å²) in [5.41, 5.74) is 1.22. The summed E-state index contributed by atoms with van der Waals surface area (Å²) in [6, 6.07) is 14.4. The minimum absolute atomic E-state index is 0.00601. The molecule has 0 fully saturated rings. The van der Waals surface area contributed by atoms with Crippen LogP contribution in [0, 0.1) is 0 Å². The SMILES string of the molecule is CCCn1c(SCC(=O)c2ccc(OCC)cc2)nc2ccccc2c1=O. The number of ketones is 1. The lowest BCUT2D eigenvalue weighted by molar-refractivity contribution is 0.102. The van der Waals surface area contributed by atoms with Crippen LogP contribution in [-0.2, 0) is 6.54 Å². The maximum Gasteiger partial charge on any atom is 0.262 e. The maximum atomic E-state index is 12.8. The summed E-state index contributed by atoms with van der Waals surface area (Å²) in [5, 5.41) is 1.19. The number of nitrogens with zero attached hydrogens (tertiary/aromatic N) is 2. The molecular weight excluding hydrogens is 360 g/mol. The Labute approximate surface area is 162 Å². The Kier molecular flexibility index (Phi) is 6.29. The summed E-state index contributed by atoms with van der Waals surface area (Å²) in [6.45, 7) is 5.10. The Morgan fingerprint density at radius 1 is 1.11 bits per heavy atom. The van der Waals surface area contributed by atoms with Crippen molar-refractivity contribution in [3.05, 3.63) is 64.4 Å². The fourth-order valence-electron chi connectivity index (χ4n) is 2.80. The van der Waals surface area contributed by atoms with Crippen LogP contribution in [0.2, 0.25) is 0 Å². The van der Waals surface area contributed by atoms with Gasteiger partial charge in [0, 0.05) is 12.1 Å². The molecule has 0 saturated heterocycles. The smallest absolute Gasteiger partial charge is 0.262 e. The molecule has 2 aromatic carbocycles. The molecule has 0 aliphatic carbocycles.